The molecular formula is C7H13NO4. The first-order chi connectivity index (χ1) is 5.74. The number of nitrogens with one attached hydrogen (secondary N) is 1. The fraction of sp³-hybridized carbons (Fsp3) is 0.857. The summed E-state index contributed by atoms with van der Waals surface area (Å²) in [6.07, 6.45) is 0.477. The van der Waals surface area contributed by atoms with Crippen molar-refractivity contribution < 1.29 is 19.4 Å². The Bertz CT molecular complexity index is 161. The summed E-state index contributed by atoms with van der Waals surface area (Å²) in [6, 6.07) is -0.466. The van der Waals surface area contributed by atoms with Crippen LogP contribution >= 0.6 is 0 Å². The summed E-state index contributed by atoms with van der Waals surface area (Å²) in [5.41, 5.74) is 0. The van der Waals surface area contributed by atoms with Crippen LogP contribution in [0.4, 0.5) is 0 Å². The van der Waals surface area contributed by atoms with Crippen LogP contribution in [0, 0.1) is 0 Å². The van der Waals surface area contributed by atoms with Gasteiger partial charge in [0, 0.05) is 20.1 Å². The van der Waals surface area contributed by atoms with E-state index in [4.69, 9.17) is 14.6 Å². The minimum Gasteiger partial charge on any atom is -0.480 e. The second kappa shape index (κ2) is 4.39. The van der Waals surface area contributed by atoms with E-state index in [9.17, 15) is 4.79 Å². The number of aliphatic carboxylic acids is 1. The minimum absolute atomic E-state index is 0.0361. The summed E-state index contributed by atoms with van der Waals surface area (Å²) >= 11 is 0. The van der Waals surface area contributed by atoms with E-state index in [2.05, 4.69) is 5.32 Å². The molecule has 12 heavy (non-hydrogen) atoms. The van der Waals surface area contributed by atoms with Gasteiger partial charge in [-0.05, 0) is 0 Å². The van der Waals surface area contributed by atoms with Crippen molar-refractivity contribution in [2.45, 2.75) is 18.6 Å². The number of methoxy groups -OCH3 is 1. The molecule has 1 heterocycles. The van der Waals surface area contributed by atoms with Crippen LogP contribution in [0.3, 0.4) is 0 Å². The molecule has 0 aliphatic carbocycles. The molecule has 70 valence electrons. The highest BCUT2D eigenvalue weighted by molar-refractivity contribution is 5.73. The maximum absolute atomic E-state index is 10.5. The number of carboxylic acids is 1. The van der Waals surface area contributed by atoms with E-state index in [1.807, 2.05) is 0 Å². The molecule has 1 saturated heterocycles. The van der Waals surface area contributed by atoms with E-state index in [1.165, 1.54) is 7.11 Å². The molecule has 1 aliphatic heterocycles. The number of hydrogen-bond acceptors (Lipinski definition) is 4. The van der Waals surface area contributed by atoms with Crippen molar-refractivity contribution in [1.82, 2.24) is 5.32 Å². The summed E-state index contributed by atoms with van der Waals surface area (Å²) in [6.45, 7) is 0.805. The van der Waals surface area contributed by atoms with E-state index in [0.29, 0.717) is 13.0 Å². The van der Waals surface area contributed by atoms with Crippen molar-refractivity contribution in [3.63, 3.8) is 0 Å². The normalized spacial score (nSPS) is 29.1. The molecule has 1 rings (SSSR count). The van der Waals surface area contributed by atoms with Gasteiger partial charge in [-0.15, -0.1) is 0 Å². The van der Waals surface area contributed by atoms with E-state index in [0.717, 1.165) is 0 Å². The molecule has 5 nitrogen and oxygen atoms in total. The molecule has 0 spiro atoms. The molecule has 5 heteroatoms. The molecule has 0 aromatic heterocycles. The first-order valence-electron chi connectivity index (χ1n) is 3.80. The molecule has 2 N–H and O–H groups in total. The zero-order valence-corrected chi connectivity index (χ0v) is 6.95. The Morgan fingerprint density at radius 3 is 3.00 bits per heavy atom. The highest BCUT2D eigenvalue weighted by Gasteiger charge is 2.29. The van der Waals surface area contributed by atoms with Crippen LogP contribution in [-0.4, -0.2) is 43.7 Å². The Balaban J connectivity index is 2.21. The van der Waals surface area contributed by atoms with E-state index >= 15 is 0 Å². The summed E-state index contributed by atoms with van der Waals surface area (Å²) in [7, 11) is 1.54. The Morgan fingerprint density at radius 2 is 2.50 bits per heavy atom. The molecular weight excluding hydrogens is 162 g/mol. The van der Waals surface area contributed by atoms with Gasteiger partial charge in [0.2, 0.25) is 0 Å². The molecule has 0 radical (unpaired) electrons. The number of rotatable bonds is 4. The fourth-order valence-corrected chi connectivity index (χ4v) is 1.18. The van der Waals surface area contributed by atoms with Gasteiger partial charge in [-0.1, -0.05) is 0 Å². The van der Waals surface area contributed by atoms with E-state index < -0.39 is 12.0 Å². The van der Waals surface area contributed by atoms with Gasteiger partial charge in [-0.2, -0.15) is 0 Å². The Hall–Kier alpha value is -0.650. The lowest BCUT2D eigenvalue weighted by molar-refractivity contribution is -0.139. The minimum atomic E-state index is -0.821. The van der Waals surface area contributed by atoms with Gasteiger partial charge in [-0.25, -0.2) is 0 Å². The maximum atomic E-state index is 10.5. The third-order valence-electron chi connectivity index (χ3n) is 1.81. The molecule has 1 fully saturated rings. The molecule has 0 aromatic rings. The lowest BCUT2D eigenvalue weighted by atomic mass is 10.2. The lowest BCUT2D eigenvalue weighted by Crippen LogP contribution is -2.29. The molecule has 0 amide bonds. The molecule has 0 unspecified atom stereocenters. The zero-order valence-electron chi connectivity index (χ0n) is 6.95. The highest BCUT2D eigenvalue weighted by Crippen LogP contribution is 2.10. The highest BCUT2D eigenvalue weighted by atomic mass is 16.7. The third-order valence-corrected chi connectivity index (χ3v) is 1.81. The number of hydrogen-bond donors (Lipinski definition) is 2. The summed E-state index contributed by atoms with van der Waals surface area (Å²) in [5, 5.41) is 11.4. The van der Waals surface area contributed by atoms with E-state index in [1.54, 1.807) is 0 Å². The van der Waals surface area contributed by atoms with Crippen molar-refractivity contribution in [3.05, 3.63) is 0 Å². The third kappa shape index (κ3) is 2.44. The fourth-order valence-electron chi connectivity index (χ4n) is 1.18. The Morgan fingerprint density at radius 1 is 1.75 bits per heavy atom. The van der Waals surface area contributed by atoms with Crippen molar-refractivity contribution in [2.24, 2.45) is 0 Å². The topological polar surface area (TPSA) is 67.8 Å². The molecule has 0 aromatic carbocycles. The molecule has 2 atom stereocenters. The zero-order chi connectivity index (χ0) is 8.97. The standard InChI is InChI=1S/C7H13NO4/c1-11-4-12-5-2-6(7(9)10)8-3-5/h5-6,8H,2-4H2,1H3,(H,9,10)/t5-,6-/m0/s1. The Labute approximate surface area is 70.7 Å². The van der Waals surface area contributed by atoms with Gasteiger partial charge >= 0.3 is 5.97 Å². The van der Waals surface area contributed by atoms with Gasteiger partial charge in [-0.3, -0.25) is 4.79 Å². The van der Waals surface area contributed by atoms with Gasteiger partial charge in [0.1, 0.15) is 12.8 Å². The summed E-state index contributed by atoms with van der Waals surface area (Å²) < 4.78 is 9.89. The molecule has 0 saturated carbocycles. The monoisotopic (exact) mass is 175 g/mol. The molecule has 1 aliphatic rings. The molecule has 0 bridgehead atoms. The summed E-state index contributed by atoms with van der Waals surface area (Å²) in [5.74, 6) is -0.821. The van der Waals surface area contributed by atoms with Crippen LogP contribution in [0.1, 0.15) is 6.42 Å². The second-order valence-corrected chi connectivity index (χ2v) is 2.73. The van der Waals surface area contributed by atoms with Gasteiger partial charge < -0.3 is 19.9 Å². The lowest BCUT2D eigenvalue weighted by Gasteiger charge is -2.08. The van der Waals surface area contributed by atoms with Crippen molar-refractivity contribution in [2.75, 3.05) is 20.4 Å². The first-order valence-corrected chi connectivity index (χ1v) is 3.80. The van der Waals surface area contributed by atoms with Gasteiger partial charge in [0.05, 0.1) is 6.10 Å². The average Bonchev–Trinajstić information content (AvgIpc) is 2.48. The second-order valence-electron chi connectivity index (χ2n) is 2.73. The Kier molecular flexibility index (Phi) is 3.46. The average molecular weight is 175 g/mol. The van der Waals surface area contributed by atoms with Crippen molar-refractivity contribution in [3.8, 4) is 0 Å². The van der Waals surface area contributed by atoms with Crippen LogP contribution < -0.4 is 5.32 Å². The van der Waals surface area contributed by atoms with Crippen molar-refractivity contribution >= 4 is 5.97 Å². The smallest absolute Gasteiger partial charge is 0.320 e. The maximum Gasteiger partial charge on any atom is 0.320 e. The number of carboxylic acid groups (broad SMARTS) is 1. The summed E-state index contributed by atoms with van der Waals surface area (Å²) in [4.78, 5) is 10.5. The van der Waals surface area contributed by atoms with Gasteiger partial charge in [0.25, 0.3) is 0 Å². The van der Waals surface area contributed by atoms with Gasteiger partial charge in [0.15, 0.2) is 0 Å². The number of ether oxygens (including phenoxy) is 2. The van der Waals surface area contributed by atoms with Crippen LogP contribution in [0.5, 0.6) is 0 Å². The predicted octanol–water partition coefficient (Wildman–Crippen LogP) is -0.578. The predicted molar refractivity (Wildman–Crippen MR) is 40.8 cm³/mol. The number of carbonyl (C=O) groups is 1. The quantitative estimate of drug-likeness (QED) is 0.560. The SMILES string of the molecule is COCO[C@@H]1CN[C@H](C(=O)O)C1. The van der Waals surface area contributed by atoms with Crippen LogP contribution in [0.2, 0.25) is 0 Å². The van der Waals surface area contributed by atoms with E-state index in [-0.39, 0.29) is 12.9 Å². The van der Waals surface area contributed by atoms with Crippen LogP contribution in [0.15, 0.2) is 0 Å². The van der Waals surface area contributed by atoms with Crippen LogP contribution in [0.25, 0.3) is 0 Å². The largest absolute Gasteiger partial charge is 0.480 e. The van der Waals surface area contributed by atoms with Crippen molar-refractivity contribution in [1.29, 1.82) is 0 Å². The van der Waals surface area contributed by atoms with Crippen LogP contribution in [-0.2, 0) is 14.3 Å². The first kappa shape index (κ1) is 9.44.